The quantitative estimate of drug-likeness (QED) is 0.499. The molecule has 2 heterocycles. The summed E-state index contributed by atoms with van der Waals surface area (Å²) < 4.78 is 17.0. The van der Waals surface area contributed by atoms with E-state index in [-0.39, 0.29) is 29.8 Å². The second kappa shape index (κ2) is 9.23. The first kappa shape index (κ1) is 22.2. The van der Waals surface area contributed by atoms with E-state index >= 15 is 0 Å². The molecule has 0 spiro atoms. The maximum Gasteiger partial charge on any atom is 0.339 e. The van der Waals surface area contributed by atoms with Crippen LogP contribution in [-0.2, 0) is 0 Å². The average Bonchev–Trinajstić information content (AvgIpc) is 2.80. The van der Waals surface area contributed by atoms with E-state index in [2.05, 4.69) is 10.3 Å². The first-order valence-corrected chi connectivity index (χ1v) is 10.6. The van der Waals surface area contributed by atoms with Crippen molar-refractivity contribution in [1.82, 2.24) is 10.3 Å². The van der Waals surface area contributed by atoms with Crippen LogP contribution in [0.5, 0.6) is 17.2 Å². The van der Waals surface area contributed by atoms with E-state index in [4.69, 9.17) is 19.9 Å². The summed E-state index contributed by atoms with van der Waals surface area (Å²) in [5.74, 6) is 0.164. The van der Waals surface area contributed by atoms with Crippen LogP contribution in [0.3, 0.4) is 0 Å². The van der Waals surface area contributed by atoms with Gasteiger partial charge in [0.1, 0.15) is 31.1 Å². The number of carbonyl (C=O) groups is 2. The van der Waals surface area contributed by atoms with Gasteiger partial charge < -0.3 is 30.4 Å². The van der Waals surface area contributed by atoms with Gasteiger partial charge in [0.15, 0.2) is 11.5 Å². The number of aromatic nitrogens is 1. The van der Waals surface area contributed by atoms with Crippen molar-refractivity contribution in [2.75, 3.05) is 25.6 Å². The van der Waals surface area contributed by atoms with Crippen LogP contribution < -0.4 is 25.3 Å². The van der Waals surface area contributed by atoms with Crippen molar-refractivity contribution in [3.8, 4) is 17.2 Å². The van der Waals surface area contributed by atoms with Crippen molar-refractivity contribution < 1.29 is 28.9 Å². The van der Waals surface area contributed by atoms with Gasteiger partial charge in [-0.2, -0.15) is 0 Å². The van der Waals surface area contributed by atoms with Crippen molar-refractivity contribution in [2.24, 2.45) is 0 Å². The van der Waals surface area contributed by atoms with E-state index in [1.807, 2.05) is 6.92 Å². The third-order valence-corrected chi connectivity index (χ3v) is 5.48. The van der Waals surface area contributed by atoms with Crippen LogP contribution in [0.25, 0.3) is 10.9 Å². The third-order valence-electron chi connectivity index (χ3n) is 5.48. The highest BCUT2D eigenvalue weighted by molar-refractivity contribution is 6.06. The number of rotatable bonds is 7. The second-order valence-electron chi connectivity index (χ2n) is 7.69. The van der Waals surface area contributed by atoms with Gasteiger partial charge in [0.25, 0.3) is 5.91 Å². The summed E-state index contributed by atoms with van der Waals surface area (Å²) in [6, 6.07) is 9.98. The number of carboxylic acids is 1. The minimum atomic E-state index is -1.15. The number of hydrogen-bond donors (Lipinski definition) is 3. The largest absolute Gasteiger partial charge is 0.491 e. The first-order valence-electron chi connectivity index (χ1n) is 10.6. The zero-order valence-corrected chi connectivity index (χ0v) is 18.4. The summed E-state index contributed by atoms with van der Waals surface area (Å²) in [4.78, 5) is 28.8. The van der Waals surface area contributed by atoms with Gasteiger partial charge in [-0.3, -0.25) is 9.78 Å². The van der Waals surface area contributed by atoms with Crippen molar-refractivity contribution in [3.05, 3.63) is 53.2 Å². The van der Waals surface area contributed by atoms with Crippen LogP contribution in [-0.4, -0.2) is 47.8 Å². The third kappa shape index (κ3) is 4.48. The molecule has 0 saturated heterocycles. The number of pyridine rings is 1. The number of hydrogen-bond acceptors (Lipinski definition) is 7. The van der Waals surface area contributed by atoms with E-state index in [1.165, 1.54) is 0 Å². The number of aryl methyl sites for hydroxylation is 1. The summed E-state index contributed by atoms with van der Waals surface area (Å²) in [6.45, 7) is 4.63. The van der Waals surface area contributed by atoms with E-state index in [1.54, 1.807) is 43.3 Å². The number of amides is 1. The van der Waals surface area contributed by atoms with Crippen LogP contribution in [0.2, 0.25) is 0 Å². The topological polar surface area (TPSA) is 133 Å². The zero-order valence-electron chi connectivity index (χ0n) is 18.4. The molecule has 33 heavy (non-hydrogen) atoms. The van der Waals surface area contributed by atoms with Gasteiger partial charge in [-0.05, 0) is 43.7 Å². The molecule has 1 amide bonds. The van der Waals surface area contributed by atoms with Gasteiger partial charge >= 0.3 is 5.97 Å². The lowest BCUT2D eigenvalue weighted by atomic mass is 10.1. The zero-order chi connectivity index (χ0) is 23.5. The molecule has 1 atom stereocenters. The number of benzene rings is 2. The highest BCUT2D eigenvalue weighted by atomic mass is 16.6. The Morgan fingerprint density at radius 3 is 2.70 bits per heavy atom. The number of aromatic carboxylic acids is 1. The summed E-state index contributed by atoms with van der Waals surface area (Å²) in [7, 11) is 0. The maximum atomic E-state index is 12.8. The van der Waals surface area contributed by atoms with Crippen LogP contribution in [0, 0.1) is 6.92 Å². The standard InChI is InChI=1S/C24H25N3O6/c1-3-15(27-23(28)14-7-8-17-19(11-14)32-10-9-31-17)12-33-18-6-4-5-16-21(18)22(25)20(24(29)30)13(2)26-16/h4-8,11,15H,3,9-10,12H2,1-2H3,(H2,25,26)(H,27,28)(H,29,30). The molecular formula is C24H25N3O6. The SMILES string of the molecule is CCC(COc1cccc2nc(C)c(C(=O)O)c(N)c12)NC(=O)c1ccc2c(c1)OCCO2. The number of anilines is 1. The van der Waals surface area contributed by atoms with E-state index in [0.29, 0.717) is 59.0 Å². The fourth-order valence-corrected chi connectivity index (χ4v) is 3.74. The van der Waals surface area contributed by atoms with Gasteiger partial charge in [-0.1, -0.05) is 13.0 Å². The lowest BCUT2D eigenvalue weighted by Crippen LogP contribution is -2.38. The Morgan fingerprint density at radius 2 is 1.97 bits per heavy atom. The molecule has 172 valence electrons. The maximum absolute atomic E-state index is 12.8. The van der Waals surface area contributed by atoms with E-state index in [0.717, 1.165) is 0 Å². The number of ether oxygens (including phenoxy) is 3. The number of nitrogens with zero attached hydrogens (tertiary/aromatic N) is 1. The minimum absolute atomic E-state index is 0.0440. The van der Waals surface area contributed by atoms with Gasteiger partial charge in [0.2, 0.25) is 0 Å². The predicted octanol–water partition coefficient (Wildman–Crippen LogP) is 3.18. The van der Waals surface area contributed by atoms with Crippen molar-refractivity contribution in [1.29, 1.82) is 0 Å². The number of carboxylic acid groups (broad SMARTS) is 1. The van der Waals surface area contributed by atoms with Gasteiger partial charge in [-0.15, -0.1) is 0 Å². The van der Waals surface area contributed by atoms with Crippen molar-refractivity contribution in [3.63, 3.8) is 0 Å². The smallest absolute Gasteiger partial charge is 0.339 e. The molecule has 1 unspecified atom stereocenters. The van der Waals surface area contributed by atoms with Crippen molar-refractivity contribution >= 4 is 28.5 Å². The molecule has 0 fully saturated rings. The van der Waals surface area contributed by atoms with Gasteiger partial charge in [0.05, 0.1) is 28.3 Å². The lowest BCUT2D eigenvalue weighted by molar-refractivity contribution is 0.0696. The Kier molecular flexibility index (Phi) is 6.21. The summed E-state index contributed by atoms with van der Waals surface area (Å²) >= 11 is 0. The van der Waals surface area contributed by atoms with E-state index < -0.39 is 5.97 Å². The number of fused-ring (bicyclic) bond motifs is 2. The number of nitrogens with one attached hydrogen (secondary N) is 1. The molecule has 1 aliphatic rings. The van der Waals surface area contributed by atoms with Crippen LogP contribution in [0.15, 0.2) is 36.4 Å². The first-order chi connectivity index (χ1) is 15.9. The van der Waals surface area contributed by atoms with Crippen LogP contribution >= 0.6 is 0 Å². The predicted molar refractivity (Wildman–Crippen MR) is 122 cm³/mol. The molecule has 4 N–H and O–H groups in total. The Bertz CT molecular complexity index is 1230. The molecule has 1 aliphatic heterocycles. The molecule has 0 saturated carbocycles. The van der Waals surface area contributed by atoms with Crippen LogP contribution in [0.1, 0.15) is 39.8 Å². The van der Waals surface area contributed by atoms with Crippen molar-refractivity contribution in [2.45, 2.75) is 26.3 Å². The summed E-state index contributed by atoms with van der Waals surface area (Å²) in [5, 5.41) is 12.9. The average molecular weight is 451 g/mol. The molecular weight excluding hydrogens is 426 g/mol. The molecule has 3 aromatic rings. The monoisotopic (exact) mass is 451 g/mol. The van der Waals surface area contributed by atoms with Gasteiger partial charge in [-0.25, -0.2) is 4.79 Å². The molecule has 0 bridgehead atoms. The minimum Gasteiger partial charge on any atom is -0.491 e. The fourth-order valence-electron chi connectivity index (χ4n) is 3.74. The Balaban J connectivity index is 1.51. The molecule has 4 rings (SSSR count). The molecule has 9 heteroatoms. The molecule has 9 nitrogen and oxygen atoms in total. The van der Waals surface area contributed by atoms with Gasteiger partial charge in [0, 0.05) is 5.56 Å². The summed E-state index contributed by atoms with van der Waals surface area (Å²) in [5.41, 5.74) is 7.58. The molecule has 1 aromatic heterocycles. The molecule has 0 radical (unpaired) electrons. The Labute approximate surface area is 190 Å². The Morgan fingerprint density at radius 1 is 1.21 bits per heavy atom. The van der Waals surface area contributed by atoms with E-state index in [9.17, 15) is 14.7 Å². The fraction of sp³-hybridized carbons (Fsp3) is 0.292. The highest BCUT2D eigenvalue weighted by Crippen LogP contribution is 2.34. The normalized spacial score (nSPS) is 13.4. The molecule has 0 aliphatic carbocycles. The second-order valence-corrected chi connectivity index (χ2v) is 7.69. The summed E-state index contributed by atoms with van der Waals surface area (Å²) in [6.07, 6.45) is 0.619. The highest BCUT2D eigenvalue weighted by Gasteiger charge is 2.21. The Hall–Kier alpha value is -4.01. The lowest BCUT2D eigenvalue weighted by Gasteiger charge is -2.21. The van der Waals surface area contributed by atoms with Crippen LogP contribution in [0.4, 0.5) is 5.69 Å². The molecule has 2 aromatic carbocycles. The number of nitrogen functional groups attached to an aromatic ring is 1. The number of carbonyl (C=O) groups excluding carboxylic acids is 1. The number of nitrogens with two attached hydrogens (primary N) is 1.